The number of aliphatic hydroxyl groups excluding tert-OH is 1. The lowest BCUT2D eigenvalue weighted by molar-refractivity contribution is 0.161. The van der Waals surface area contributed by atoms with Crippen molar-refractivity contribution in [3.05, 3.63) is 11.4 Å². The van der Waals surface area contributed by atoms with Crippen LogP contribution >= 0.6 is 0 Å². The highest BCUT2D eigenvalue weighted by atomic mass is 32.2. The number of hydrogen-bond donors (Lipinski definition) is 3. The van der Waals surface area contributed by atoms with Crippen molar-refractivity contribution in [2.24, 2.45) is 5.92 Å². The maximum atomic E-state index is 12.1. The molecule has 1 unspecified atom stereocenters. The first kappa shape index (κ1) is 15.1. The highest BCUT2D eigenvalue weighted by Gasteiger charge is 2.24. The molecule has 18 heavy (non-hydrogen) atoms. The van der Waals surface area contributed by atoms with E-state index in [2.05, 4.69) is 14.9 Å². The Labute approximate surface area is 107 Å². The van der Waals surface area contributed by atoms with E-state index >= 15 is 0 Å². The average Bonchev–Trinajstić information content (AvgIpc) is 2.69. The first-order valence-corrected chi connectivity index (χ1v) is 7.04. The summed E-state index contributed by atoms with van der Waals surface area (Å²) < 4.78 is 31.6. The van der Waals surface area contributed by atoms with Crippen molar-refractivity contribution in [2.45, 2.75) is 25.3 Å². The largest absolute Gasteiger partial charge is 0.390 e. The first-order chi connectivity index (χ1) is 8.42. The molecule has 0 fully saturated rings. The lowest BCUT2D eigenvalue weighted by Crippen LogP contribution is -2.30. The molecule has 0 aromatic carbocycles. The lowest BCUT2D eigenvalue weighted by Gasteiger charge is -2.12. The third kappa shape index (κ3) is 3.52. The molecule has 0 spiro atoms. The standard InChI is InChI=1S/C10H19N3O4S/c1-7(6-17-3)4-11-18(15,16)10-8(2)12-13-9(10)5-14/h7,11,14H,4-6H2,1-3H3,(H,12,13). The summed E-state index contributed by atoms with van der Waals surface area (Å²) in [5.41, 5.74) is 0.533. The van der Waals surface area contributed by atoms with Gasteiger partial charge in [0, 0.05) is 20.3 Å². The topological polar surface area (TPSA) is 104 Å². The number of aromatic amines is 1. The van der Waals surface area contributed by atoms with Gasteiger partial charge in [0.05, 0.1) is 12.3 Å². The van der Waals surface area contributed by atoms with Crippen molar-refractivity contribution < 1.29 is 18.3 Å². The third-order valence-electron chi connectivity index (χ3n) is 2.45. The van der Waals surface area contributed by atoms with Gasteiger partial charge < -0.3 is 9.84 Å². The summed E-state index contributed by atoms with van der Waals surface area (Å²) in [6.45, 7) is 3.79. The van der Waals surface area contributed by atoms with E-state index in [1.165, 1.54) is 0 Å². The molecule has 104 valence electrons. The molecule has 7 nitrogen and oxygen atoms in total. The fourth-order valence-corrected chi connectivity index (χ4v) is 3.12. The minimum atomic E-state index is -3.66. The summed E-state index contributed by atoms with van der Waals surface area (Å²) in [5, 5.41) is 15.4. The lowest BCUT2D eigenvalue weighted by atomic mass is 10.2. The Morgan fingerprint density at radius 2 is 2.22 bits per heavy atom. The maximum Gasteiger partial charge on any atom is 0.244 e. The zero-order chi connectivity index (χ0) is 13.8. The Morgan fingerprint density at radius 3 is 2.78 bits per heavy atom. The van der Waals surface area contributed by atoms with E-state index in [1.807, 2.05) is 6.92 Å². The molecule has 0 saturated heterocycles. The first-order valence-electron chi connectivity index (χ1n) is 5.55. The monoisotopic (exact) mass is 277 g/mol. The van der Waals surface area contributed by atoms with E-state index in [1.54, 1.807) is 14.0 Å². The number of H-pyrrole nitrogens is 1. The van der Waals surface area contributed by atoms with Crippen LogP contribution in [0.15, 0.2) is 4.90 Å². The Morgan fingerprint density at radius 1 is 1.56 bits per heavy atom. The average molecular weight is 277 g/mol. The molecule has 1 heterocycles. The van der Waals surface area contributed by atoms with E-state index in [0.29, 0.717) is 12.3 Å². The highest BCUT2D eigenvalue weighted by Crippen LogP contribution is 2.17. The van der Waals surface area contributed by atoms with E-state index in [4.69, 9.17) is 9.84 Å². The predicted octanol–water partition coefficient (Wildman–Crippen LogP) is -0.229. The Balaban J connectivity index is 2.83. The molecular weight excluding hydrogens is 258 g/mol. The molecule has 8 heteroatoms. The van der Waals surface area contributed by atoms with Crippen molar-refractivity contribution >= 4 is 10.0 Å². The van der Waals surface area contributed by atoms with Crippen molar-refractivity contribution in [1.82, 2.24) is 14.9 Å². The molecule has 0 aliphatic carbocycles. The van der Waals surface area contributed by atoms with Gasteiger partial charge in [-0.1, -0.05) is 6.92 Å². The second-order valence-electron chi connectivity index (χ2n) is 4.19. The van der Waals surface area contributed by atoms with Gasteiger partial charge >= 0.3 is 0 Å². The predicted molar refractivity (Wildman–Crippen MR) is 65.5 cm³/mol. The van der Waals surface area contributed by atoms with E-state index in [-0.39, 0.29) is 23.1 Å². The molecule has 1 aromatic rings. The fraction of sp³-hybridized carbons (Fsp3) is 0.700. The fourth-order valence-electron chi connectivity index (χ4n) is 1.60. The van der Waals surface area contributed by atoms with Gasteiger partial charge in [0.2, 0.25) is 10.0 Å². The van der Waals surface area contributed by atoms with Crippen LogP contribution in [0.3, 0.4) is 0 Å². The summed E-state index contributed by atoms with van der Waals surface area (Å²) in [6, 6.07) is 0. The molecule has 0 amide bonds. The second-order valence-corrected chi connectivity index (χ2v) is 5.90. The summed E-state index contributed by atoms with van der Waals surface area (Å²) in [7, 11) is -2.10. The van der Waals surface area contributed by atoms with Crippen molar-refractivity contribution in [3.63, 3.8) is 0 Å². The van der Waals surface area contributed by atoms with Crippen LogP contribution in [0.2, 0.25) is 0 Å². The smallest absolute Gasteiger partial charge is 0.244 e. The van der Waals surface area contributed by atoms with Crippen LogP contribution in [-0.4, -0.2) is 44.0 Å². The second kappa shape index (κ2) is 6.28. The summed E-state index contributed by atoms with van der Waals surface area (Å²) >= 11 is 0. The van der Waals surface area contributed by atoms with Crippen LogP contribution in [-0.2, 0) is 21.4 Å². The normalized spacial score (nSPS) is 13.8. The maximum absolute atomic E-state index is 12.1. The molecule has 0 aliphatic rings. The van der Waals surface area contributed by atoms with Gasteiger partial charge in [0.15, 0.2) is 0 Å². The number of nitrogens with one attached hydrogen (secondary N) is 2. The van der Waals surface area contributed by atoms with Crippen LogP contribution in [0.4, 0.5) is 0 Å². The van der Waals surface area contributed by atoms with E-state index < -0.39 is 16.6 Å². The van der Waals surface area contributed by atoms with Crippen LogP contribution in [0.25, 0.3) is 0 Å². The highest BCUT2D eigenvalue weighted by molar-refractivity contribution is 7.89. The summed E-state index contributed by atoms with van der Waals surface area (Å²) in [4.78, 5) is 0.0228. The molecule has 0 bridgehead atoms. The van der Waals surface area contributed by atoms with Crippen molar-refractivity contribution in [2.75, 3.05) is 20.3 Å². The van der Waals surface area contributed by atoms with Crippen molar-refractivity contribution in [1.29, 1.82) is 0 Å². The van der Waals surface area contributed by atoms with Crippen LogP contribution in [0.1, 0.15) is 18.3 Å². The minimum Gasteiger partial charge on any atom is -0.390 e. The minimum absolute atomic E-state index is 0.0228. The third-order valence-corrected chi connectivity index (χ3v) is 4.08. The number of methoxy groups -OCH3 is 1. The number of nitrogens with zero attached hydrogens (tertiary/aromatic N) is 1. The number of ether oxygens (including phenoxy) is 1. The molecule has 1 rings (SSSR count). The van der Waals surface area contributed by atoms with Crippen molar-refractivity contribution in [3.8, 4) is 0 Å². The zero-order valence-corrected chi connectivity index (χ0v) is 11.5. The molecular formula is C10H19N3O4S. The molecule has 0 radical (unpaired) electrons. The Kier molecular flexibility index (Phi) is 5.27. The van der Waals surface area contributed by atoms with Gasteiger partial charge in [-0.3, -0.25) is 5.10 Å². The van der Waals surface area contributed by atoms with Crippen LogP contribution in [0, 0.1) is 12.8 Å². The number of sulfonamides is 1. The Hall–Kier alpha value is -0.960. The van der Waals surface area contributed by atoms with Gasteiger partial charge in [-0.15, -0.1) is 0 Å². The van der Waals surface area contributed by atoms with Gasteiger partial charge in [-0.2, -0.15) is 5.10 Å². The molecule has 3 N–H and O–H groups in total. The quantitative estimate of drug-likeness (QED) is 0.638. The number of aryl methyl sites for hydroxylation is 1. The van der Waals surface area contributed by atoms with Gasteiger partial charge in [0.1, 0.15) is 10.6 Å². The Bertz CT molecular complexity index is 483. The SMILES string of the molecule is COCC(C)CNS(=O)(=O)c1c(CO)n[nH]c1C. The van der Waals surface area contributed by atoms with E-state index in [9.17, 15) is 8.42 Å². The number of aromatic nitrogens is 2. The molecule has 0 saturated carbocycles. The van der Waals surface area contributed by atoms with Gasteiger partial charge in [0.25, 0.3) is 0 Å². The van der Waals surface area contributed by atoms with E-state index in [0.717, 1.165) is 0 Å². The molecule has 1 aromatic heterocycles. The summed E-state index contributed by atoms with van der Waals surface area (Å²) in [6.07, 6.45) is 0. The van der Waals surface area contributed by atoms with Gasteiger partial charge in [-0.05, 0) is 12.8 Å². The summed E-state index contributed by atoms with van der Waals surface area (Å²) in [5.74, 6) is 0.0644. The molecule has 0 aliphatic heterocycles. The zero-order valence-electron chi connectivity index (χ0n) is 10.7. The van der Waals surface area contributed by atoms with Gasteiger partial charge in [-0.25, -0.2) is 13.1 Å². The number of rotatable bonds is 7. The number of hydrogen-bond acceptors (Lipinski definition) is 5. The molecule has 1 atom stereocenters. The number of aliphatic hydroxyl groups is 1. The van der Waals surface area contributed by atoms with Crippen LogP contribution < -0.4 is 4.72 Å². The van der Waals surface area contributed by atoms with Crippen LogP contribution in [0.5, 0.6) is 0 Å².